The number of nitrogens with zero attached hydrogens (tertiary/aromatic N) is 4. The summed E-state index contributed by atoms with van der Waals surface area (Å²) in [5, 5.41) is 30.1. The fourth-order valence-electron chi connectivity index (χ4n) is 8.44. The number of rotatable bonds is 10. The summed E-state index contributed by atoms with van der Waals surface area (Å²) in [6.07, 6.45) is 1.80. The molecule has 256 valence electrons. The number of nitrogens with one attached hydrogen (secondary N) is 2. The quantitative estimate of drug-likeness (QED) is 0.274. The third-order valence-electron chi connectivity index (χ3n) is 11.5. The van der Waals surface area contributed by atoms with Crippen LogP contribution in [0.5, 0.6) is 0 Å². The average molecular weight is 659 g/mol. The third-order valence-corrected chi connectivity index (χ3v) is 11.9. The van der Waals surface area contributed by atoms with Gasteiger partial charge in [0.1, 0.15) is 12.1 Å². The van der Waals surface area contributed by atoms with Gasteiger partial charge in [-0.15, -0.1) is 0 Å². The summed E-state index contributed by atoms with van der Waals surface area (Å²) < 4.78 is 5.44. The smallest absolute Gasteiger partial charge is 0.240 e. The van der Waals surface area contributed by atoms with E-state index in [2.05, 4.69) is 51.3 Å². The van der Waals surface area contributed by atoms with Gasteiger partial charge in [-0.25, -0.2) is 0 Å². The molecule has 1 aromatic carbocycles. The van der Waals surface area contributed by atoms with E-state index in [0.717, 1.165) is 94.8 Å². The molecule has 1 amide bonds. The van der Waals surface area contributed by atoms with Crippen molar-refractivity contribution >= 4 is 28.9 Å². The summed E-state index contributed by atoms with van der Waals surface area (Å²) in [6, 6.07) is 7.83. The summed E-state index contributed by atoms with van der Waals surface area (Å²) in [4.78, 5) is 27.1. The first-order valence-electron chi connectivity index (χ1n) is 17.3. The zero-order valence-electron chi connectivity index (χ0n) is 27.8. The van der Waals surface area contributed by atoms with E-state index >= 15 is 0 Å². The Bertz CT molecular complexity index is 1190. The van der Waals surface area contributed by atoms with Gasteiger partial charge < -0.3 is 35.4 Å². The lowest BCUT2D eigenvalue weighted by atomic mass is 9.48. The minimum atomic E-state index is -0.806. The molecule has 46 heavy (non-hydrogen) atoms. The van der Waals surface area contributed by atoms with Gasteiger partial charge in [0.15, 0.2) is 5.11 Å². The highest BCUT2D eigenvalue weighted by Crippen LogP contribution is 2.59. The molecular weight excluding hydrogens is 604 g/mol. The Morgan fingerprint density at radius 1 is 1.09 bits per heavy atom. The van der Waals surface area contributed by atoms with Crippen molar-refractivity contribution in [3.05, 3.63) is 29.8 Å². The first-order chi connectivity index (χ1) is 22.1. The van der Waals surface area contributed by atoms with Gasteiger partial charge in [0.2, 0.25) is 5.91 Å². The molecule has 12 heteroatoms. The Labute approximate surface area is 279 Å². The van der Waals surface area contributed by atoms with Gasteiger partial charge in [-0.3, -0.25) is 14.5 Å². The van der Waals surface area contributed by atoms with Crippen LogP contribution in [0.25, 0.3) is 0 Å². The third kappa shape index (κ3) is 7.33. The molecule has 3 saturated carbocycles. The lowest BCUT2D eigenvalue weighted by molar-refractivity contribution is -0.182. The number of anilines is 1. The van der Waals surface area contributed by atoms with E-state index in [9.17, 15) is 15.0 Å². The van der Waals surface area contributed by atoms with E-state index in [4.69, 9.17) is 21.8 Å². The van der Waals surface area contributed by atoms with Gasteiger partial charge in [-0.2, -0.15) is 5.06 Å². The number of morpholine rings is 1. The van der Waals surface area contributed by atoms with Crippen molar-refractivity contribution in [3.63, 3.8) is 0 Å². The van der Waals surface area contributed by atoms with Gasteiger partial charge in [-0.1, -0.05) is 26.0 Å². The van der Waals surface area contributed by atoms with Crippen LogP contribution >= 0.6 is 12.2 Å². The molecule has 6 fully saturated rings. The molecule has 3 aliphatic heterocycles. The van der Waals surface area contributed by atoms with Gasteiger partial charge in [-0.05, 0) is 73.4 Å². The van der Waals surface area contributed by atoms with Crippen molar-refractivity contribution in [2.75, 3.05) is 77.1 Å². The molecule has 2 unspecified atom stereocenters. The predicted molar refractivity (Wildman–Crippen MR) is 181 cm³/mol. The molecule has 6 aliphatic rings. The minimum Gasteiger partial charge on any atom is -0.394 e. The number of hydrogen-bond acceptors (Lipinski definition) is 9. The molecule has 0 radical (unpaired) electrons. The van der Waals surface area contributed by atoms with Crippen LogP contribution in [0.3, 0.4) is 0 Å². The largest absolute Gasteiger partial charge is 0.394 e. The second-order valence-corrected chi connectivity index (χ2v) is 15.0. The van der Waals surface area contributed by atoms with Crippen molar-refractivity contribution in [3.8, 4) is 0 Å². The van der Waals surface area contributed by atoms with E-state index in [1.165, 1.54) is 6.42 Å². The SMILES string of the molecule is C[C@H](O)[C@@H]1[C@H](CO)ON(Cc2cccc(N3CCN(C(=S)NCCN4CCOCC4)CC3)c2)[C@@H]1C(=O)NC1CC2C[C@H](C1)C2(C)C. The molecule has 3 saturated heterocycles. The molecular formula is C34H54N6O5S. The fourth-order valence-corrected chi connectivity index (χ4v) is 8.73. The number of ether oxygens (including phenoxy) is 1. The summed E-state index contributed by atoms with van der Waals surface area (Å²) in [5.41, 5.74) is 2.50. The van der Waals surface area contributed by atoms with Crippen molar-refractivity contribution in [1.29, 1.82) is 0 Å². The van der Waals surface area contributed by atoms with Crippen LogP contribution in [0.2, 0.25) is 0 Å². The molecule has 0 spiro atoms. The number of carbonyl (C=O) groups excluding carboxylic acids is 1. The number of aliphatic hydroxyl groups excluding tert-OH is 2. The highest BCUT2D eigenvalue weighted by molar-refractivity contribution is 7.80. The first kappa shape index (κ1) is 33.8. The highest BCUT2D eigenvalue weighted by Gasteiger charge is 2.54. The minimum absolute atomic E-state index is 0.118. The predicted octanol–water partition coefficient (Wildman–Crippen LogP) is 1.43. The topological polar surface area (TPSA) is 113 Å². The number of benzene rings is 1. The number of carbonyl (C=O) groups is 1. The van der Waals surface area contributed by atoms with Crippen LogP contribution in [0, 0.1) is 23.2 Å². The number of thiocarbonyl (C=S) groups is 1. The van der Waals surface area contributed by atoms with Gasteiger partial charge in [0.25, 0.3) is 0 Å². The van der Waals surface area contributed by atoms with Crippen LogP contribution in [0.1, 0.15) is 45.6 Å². The number of hydrogen-bond donors (Lipinski definition) is 4. The Morgan fingerprint density at radius 3 is 2.46 bits per heavy atom. The van der Waals surface area contributed by atoms with Gasteiger partial charge in [0, 0.05) is 70.0 Å². The van der Waals surface area contributed by atoms with E-state index in [-0.39, 0.29) is 18.6 Å². The van der Waals surface area contributed by atoms with Crippen molar-refractivity contribution in [1.82, 2.24) is 25.5 Å². The monoisotopic (exact) mass is 658 g/mol. The lowest BCUT2D eigenvalue weighted by Gasteiger charge is -2.59. The number of piperazine rings is 1. The maximum Gasteiger partial charge on any atom is 0.240 e. The van der Waals surface area contributed by atoms with Crippen molar-refractivity contribution in [2.24, 2.45) is 23.2 Å². The van der Waals surface area contributed by atoms with Crippen LogP contribution in [0.15, 0.2) is 24.3 Å². The van der Waals surface area contributed by atoms with Gasteiger partial charge >= 0.3 is 0 Å². The Kier molecular flexibility index (Phi) is 10.7. The van der Waals surface area contributed by atoms with Gasteiger partial charge in [0.05, 0.1) is 32.5 Å². The molecule has 2 bridgehead atoms. The molecule has 11 nitrogen and oxygen atoms in total. The maximum atomic E-state index is 13.9. The van der Waals surface area contributed by atoms with Crippen molar-refractivity contribution < 1.29 is 24.6 Å². The molecule has 7 atom stereocenters. The fraction of sp³-hybridized carbons (Fsp3) is 0.765. The normalized spacial score (nSPS) is 32.1. The van der Waals surface area contributed by atoms with Crippen molar-refractivity contribution in [2.45, 2.75) is 70.9 Å². The average Bonchev–Trinajstić information content (AvgIpc) is 3.44. The second-order valence-electron chi connectivity index (χ2n) is 14.6. The summed E-state index contributed by atoms with van der Waals surface area (Å²) in [6.45, 7) is 15.3. The van der Waals surface area contributed by atoms with Crippen LogP contribution < -0.4 is 15.5 Å². The maximum absolute atomic E-state index is 13.9. The zero-order valence-corrected chi connectivity index (χ0v) is 28.6. The van der Waals surface area contributed by atoms with E-state index in [1.807, 2.05) is 12.1 Å². The molecule has 3 aliphatic carbocycles. The summed E-state index contributed by atoms with van der Waals surface area (Å²) in [5.74, 6) is 0.638. The van der Waals surface area contributed by atoms with E-state index in [0.29, 0.717) is 23.8 Å². The Balaban J connectivity index is 1.04. The number of fused-ring (bicyclic) bond motifs is 2. The van der Waals surface area contributed by atoms with Crippen LogP contribution in [0.4, 0.5) is 5.69 Å². The summed E-state index contributed by atoms with van der Waals surface area (Å²) >= 11 is 5.71. The highest BCUT2D eigenvalue weighted by atomic mass is 32.1. The van der Waals surface area contributed by atoms with E-state index in [1.54, 1.807) is 12.0 Å². The number of amides is 1. The molecule has 3 heterocycles. The lowest BCUT2D eigenvalue weighted by Crippen LogP contribution is -2.58. The Morgan fingerprint density at radius 2 is 1.80 bits per heavy atom. The molecule has 1 aromatic rings. The number of aliphatic hydroxyl groups is 2. The Hall–Kier alpha value is -2.06. The molecule has 4 N–H and O–H groups in total. The second kappa shape index (κ2) is 14.6. The van der Waals surface area contributed by atoms with Crippen LogP contribution in [-0.4, -0.2) is 133 Å². The molecule has 7 rings (SSSR count). The first-order valence-corrected chi connectivity index (χ1v) is 17.7. The summed E-state index contributed by atoms with van der Waals surface area (Å²) in [7, 11) is 0. The van der Waals surface area contributed by atoms with E-state index < -0.39 is 24.2 Å². The standard InChI is InChI=1S/C34H54N6O5S/c1-23(42)30-29(22-41)45-40(31(30)32(43)36-27-19-25-18-26(20-27)34(25,2)3)21-24-5-4-6-28(17-24)38-9-11-39(12-10-38)33(46)35-7-8-37-13-15-44-16-14-37/h4-6,17,23,25-27,29-31,41-42H,7-16,18-22H2,1-3H3,(H,35,46)(H,36,43)/t23-,25+,26?,27?,29-,30+,31-/m0/s1. The molecule has 0 aromatic heterocycles. The zero-order chi connectivity index (χ0) is 32.4. The number of hydroxylamine groups is 2. The van der Waals surface area contributed by atoms with Crippen LogP contribution in [-0.2, 0) is 20.9 Å².